The van der Waals surface area contributed by atoms with Gasteiger partial charge in [0.1, 0.15) is 0 Å². The predicted octanol–water partition coefficient (Wildman–Crippen LogP) is 2.89. The van der Waals surface area contributed by atoms with Crippen molar-refractivity contribution in [2.75, 3.05) is 12.3 Å². The number of carbonyl (C=O) groups is 1. The van der Waals surface area contributed by atoms with E-state index in [-0.39, 0.29) is 5.91 Å². The number of carbonyl (C=O) groups excluding carboxylic acids is 1. The molecule has 0 radical (unpaired) electrons. The van der Waals surface area contributed by atoms with Crippen molar-refractivity contribution < 1.29 is 4.79 Å². The van der Waals surface area contributed by atoms with E-state index in [4.69, 9.17) is 17.3 Å². The average Bonchev–Trinajstić information content (AvgIpc) is 2.75. The van der Waals surface area contributed by atoms with Crippen molar-refractivity contribution in [2.24, 2.45) is 0 Å². The zero-order valence-corrected chi connectivity index (χ0v) is 11.9. The van der Waals surface area contributed by atoms with E-state index in [1.807, 2.05) is 36.4 Å². The highest BCUT2D eigenvalue weighted by molar-refractivity contribution is 7.16. The van der Waals surface area contributed by atoms with E-state index in [1.165, 1.54) is 4.88 Å². The quantitative estimate of drug-likeness (QED) is 0.833. The number of rotatable bonds is 5. The highest BCUT2D eigenvalue weighted by Crippen LogP contribution is 2.21. The highest BCUT2D eigenvalue weighted by atomic mass is 35.5. The second-order valence-electron chi connectivity index (χ2n) is 4.23. The lowest BCUT2D eigenvalue weighted by molar-refractivity contribution is -0.120. The third-order valence-corrected chi connectivity index (χ3v) is 3.93. The van der Waals surface area contributed by atoms with Crippen LogP contribution in [0.1, 0.15) is 10.4 Å². The number of thiophene rings is 1. The predicted molar refractivity (Wildman–Crippen MR) is 80.6 cm³/mol. The molecule has 0 spiro atoms. The maximum absolute atomic E-state index is 11.7. The second-order valence-corrected chi connectivity index (χ2v) is 6.03. The van der Waals surface area contributed by atoms with E-state index in [0.717, 1.165) is 16.3 Å². The number of nitrogens with two attached hydrogens (primary N) is 1. The van der Waals surface area contributed by atoms with E-state index < -0.39 is 0 Å². The standard InChI is InChI=1S/C14H15ClN2OS/c15-13-5-4-12(19-13)6-7-17-14(18)9-10-2-1-3-11(16)8-10/h1-5,8H,6-7,9,16H2,(H,17,18). The molecular formula is C14H15ClN2OS. The fourth-order valence-corrected chi connectivity index (χ4v) is 2.85. The summed E-state index contributed by atoms with van der Waals surface area (Å²) in [5.41, 5.74) is 7.28. The van der Waals surface area contributed by atoms with Crippen LogP contribution in [0.2, 0.25) is 4.34 Å². The summed E-state index contributed by atoms with van der Waals surface area (Å²) in [7, 11) is 0. The lowest BCUT2D eigenvalue weighted by atomic mass is 10.1. The Labute approximate surface area is 121 Å². The molecule has 2 rings (SSSR count). The molecule has 0 unspecified atom stereocenters. The first-order valence-electron chi connectivity index (χ1n) is 5.99. The maximum Gasteiger partial charge on any atom is 0.224 e. The third kappa shape index (κ3) is 4.58. The molecule has 0 atom stereocenters. The van der Waals surface area contributed by atoms with E-state index >= 15 is 0 Å². The summed E-state index contributed by atoms with van der Waals surface area (Å²) >= 11 is 7.39. The maximum atomic E-state index is 11.7. The van der Waals surface area contributed by atoms with Gasteiger partial charge in [-0.05, 0) is 36.2 Å². The second kappa shape index (κ2) is 6.59. The summed E-state index contributed by atoms with van der Waals surface area (Å²) in [4.78, 5) is 12.9. The van der Waals surface area contributed by atoms with Crippen molar-refractivity contribution in [1.29, 1.82) is 0 Å². The normalized spacial score (nSPS) is 10.4. The number of halogens is 1. The van der Waals surface area contributed by atoms with Gasteiger partial charge in [0.15, 0.2) is 0 Å². The van der Waals surface area contributed by atoms with E-state index in [2.05, 4.69) is 5.32 Å². The topological polar surface area (TPSA) is 55.1 Å². The SMILES string of the molecule is Nc1cccc(CC(=O)NCCc2ccc(Cl)s2)c1. The van der Waals surface area contributed by atoms with Crippen LogP contribution in [-0.2, 0) is 17.6 Å². The van der Waals surface area contributed by atoms with Crippen LogP contribution in [0.15, 0.2) is 36.4 Å². The molecular weight excluding hydrogens is 280 g/mol. The monoisotopic (exact) mass is 294 g/mol. The van der Waals surface area contributed by atoms with Crippen LogP contribution in [-0.4, -0.2) is 12.5 Å². The molecule has 0 aliphatic rings. The first-order chi connectivity index (χ1) is 9.13. The van der Waals surface area contributed by atoms with Crippen LogP contribution >= 0.6 is 22.9 Å². The molecule has 1 aromatic carbocycles. The molecule has 0 aliphatic carbocycles. The molecule has 2 aromatic rings. The molecule has 1 heterocycles. The minimum Gasteiger partial charge on any atom is -0.399 e. The van der Waals surface area contributed by atoms with Crippen LogP contribution in [0.4, 0.5) is 5.69 Å². The van der Waals surface area contributed by atoms with Gasteiger partial charge in [0, 0.05) is 17.1 Å². The number of benzene rings is 1. The van der Waals surface area contributed by atoms with Gasteiger partial charge < -0.3 is 11.1 Å². The summed E-state index contributed by atoms with van der Waals surface area (Å²) in [6.45, 7) is 0.623. The van der Waals surface area contributed by atoms with Gasteiger partial charge in [-0.25, -0.2) is 0 Å². The smallest absolute Gasteiger partial charge is 0.224 e. The Morgan fingerprint density at radius 1 is 1.32 bits per heavy atom. The van der Waals surface area contributed by atoms with Crippen LogP contribution in [0, 0.1) is 0 Å². The van der Waals surface area contributed by atoms with Crippen molar-refractivity contribution in [1.82, 2.24) is 5.32 Å². The third-order valence-electron chi connectivity index (χ3n) is 2.64. The Morgan fingerprint density at radius 3 is 2.84 bits per heavy atom. The minimum absolute atomic E-state index is 0.00764. The molecule has 0 fully saturated rings. The van der Waals surface area contributed by atoms with Gasteiger partial charge >= 0.3 is 0 Å². The Balaban J connectivity index is 1.76. The number of hydrogen-bond donors (Lipinski definition) is 2. The van der Waals surface area contributed by atoms with Crippen LogP contribution < -0.4 is 11.1 Å². The Hall–Kier alpha value is -1.52. The van der Waals surface area contributed by atoms with Crippen molar-refractivity contribution in [3.05, 3.63) is 51.2 Å². The molecule has 0 saturated carbocycles. The first kappa shape index (κ1) is 13.9. The lowest BCUT2D eigenvalue weighted by Gasteiger charge is -2.05. The van der Waals surface area contributed by atoms with E-state index in [9.17, 15) is 4.79 Å². The minimum atomic E-state index is 0.00764. The summed E-state index contributed by atoms with van der Waals surface area (Å²) < 4.78 is 0.779. The number of nitrogens with one attached hydrogen (secondary N) is 1. The van der Waals surface area contributed by atoms with Crippen molar-refractivity contribution in [2.45, 2.75) is 12.8 Å². The first-order valence-corrected chi connectivity index (χ1v) is 7.18. The summed E-state index contributed by atoms with van der Waals surface area (Å²) in [6.07, 6.45) is 1.16. The van der Waals surface area contributed by atoms with E-state index in [1.54, 1.807) is 11.3 Å². The van der Waals surface area contributed by atoms with E-state index in [0.29, 0.717) is 18.7 Å². The summed E-state index contributed by atoms with van der Waals surface area (Å²) in [6, 6.07) is 11.2. The number of hydrogen-bond acceptors (Lipinski definition) is 3. The average molecular weight is 295 g/mol. The van der Waals surface area contributed by atoms with Crippen molar-refractivity contribution in [3.8, 4) is 0 Å². The van der Waals surface area contributed by atoms with Gasteiger partial charge in [0.05, 0.1) is 10.8 Å². The lowest BCUT2D eigenvalue weighted by Crippen LogP contribution is -2.27. The Morgan fingerprint density at radius 2 is 2.16 bits per heavy atom. The summed E-state index contributed by atoms with van der Waals surface area (Å²) in [5, 5.41) is 2.89. The van der Waals surface area contributed by atoms with Crippen LogP contribution in [0.3, 0.4) is 0 Å². The van der Waals surface area contributed by atoms with Gasteiger partial charge in [-0.3, -0.25) is 4.79 Å². The molecule has 0 saturated heterocycles. The Kier molecular flexibility index (Phi) is 4.82. The molecule has 19 heavy (non-hydrogen) atoms. The molecule has 1 amide bonds. The zero-order valence-electron chi connectivity index (χ0n) is 10.4. The fourth-order valence-electron chi connectivity index (χ4n) is 1.76. The Bertz CT molecular complexity index is 568. The van der Waals surface area contributed by atoms with Gasteiger partial charge in [0.25, 0.3) is 0 Å². The number of anilines is 1. The molecule has 5 heteroatoms. The fraction of sp³-hybridized carbons (Fsp3) is 0.214. The summed E-state index contributed by atoms with van der Waals surface area (Å²) in [5.74, 6) is 0.00764. The highest BCUT2D eigenvalue weighted by Gasteiger charge is 2.04. The molecule has 1 aromatic heterocycles. The van der Waals surface area contributed by atoms with Crippen molar-refractivity contribution in [3.63, 3.8) is 0 Å². The molecule has 100 valence electrons. The number of nitrogen functional groups attached to an aromatic ring is 1. The van der Waals surface area contributed by atoms with Crippen LogP contribution in [0.25, 0.3) is 0 Å². The van der Waals surface area contributed by atoms with Gasteiger partial charge in [-0.15, -0.1) is 11.3 Å². The van der Waals surface area contributed by atoms with Gasteiger partial charge in [-0.2, -0.15) is 0 Å². The van der Waals surface area contributed by atoms with Gasteiger partial charge in [0.2, 0.25) is 5.91 Å². The molecule has 0 bridgehead atoms. The largest absolute Gasteiger partial charge is 0.399 e. The van der Waals surface area contributed by atoms with Crippen LogP contribution in [0.5, 0.6) is 0 Å². The molecule has 0 aliphatic heterocycles. The zero-order chi connectivity index (χ0) is 13.7. The van der Waals surface area contributed by atoms with Gasteiger partial charge in [-0.1, -0.05) is 23.7 Å². The molecule has 3 nitrogen and oxygen atoms in total. The molecule has 3 N–H and O–H groups in total. The van der Waals surface area contributed by atoms with Crippen molar-refractivity contribution >= 4 is 34.5 Å². The number of amides is 1.